The smallest absolute Gasteiger partial charge is 0.348 e. The van der Waals surface area contributed by atoms with Crippen LogP contribution in [0.2, 0.25) is 0 Å². The van der Waals surface area contributed by atoms with E-state index >= 15 is 0 Å². The first-order valence-corrected chi connectivity index (χ1v) is 11.0. The number of rotatable bonds is 9. The van der Waals surface area contributed by atoms with E-state index in [-0.39, 0.29) is 11.8 Å². The SMILES string of the molecule is C/C=C/C(=O)NCc1cnc2[nH]cc(-c3cncc(NC(=O)[C@@H](NCC(F)(F)F)C(C)C)c3)c2c1. The molecule has 0 spiro atoms. The lowest BCUT2D eigenvalue weighted by Gasteiger charge is -2.22. The normalized spacial score (nSPS) is 12.9. The Hall–Kier alpha value is -3.73. The van der Waals surface area contributed by atoms with Gasteiger partial charge in [-0.15, -0.1) is 0 Å². The maximum absolute atomic E-state index is 12.7. The molecule has 0 aliphatic carbocycles. The summed E-state index contributed by atoms with van der Waals surface area (Å²) in [7, 11) is 0. The minimum atomic E-state index is -4.42. The number of hydrogen-bond acceptors (Lipinski definition) is 5. The highest BCUT2D eigenvalue weighted by atomic mass is 19.4. The van der Waals surface area contributed by atoms with Gasteiger partial charge in [0.05, 0.1) is 24.5 Å². The van der Waals surface area contributed by atoms with Crippen molar-refractivity contribution < 1.29 is 22.8 Å². The van der Waals surface area contributed by atoms with Crippen LogP contribution in [0.25, 0.3) is 22.2 Å². The lowest BCUT2D eigenvalue weighted by atomic mass is 10.0. The molecule has 3 aromatic heterocycles. The van der Waals surface area contributed by atoms with E-state index in [1.165, 1.54) is 12.3 Å². The molecule has 3 heterocycles. The Bertz CT molecular complexity index is 1220. The number of nitrogens with zero attached hydrogens (tertiary/aromatic N) is 2. The van der Waals surface area contributed by atoms with Crippen LogP contribution in [-0.2, 0) is 16.1 Å². The van der Waals surface area contributed by atoms with Crippen LogP contribution in [0.3, 0.4) is 0 Å². The second kappa shape index (κ2) is 11.1. The molecule has 0 saturated carbocycles. The zero-order valence-corrected chi connectivity index (χ0v) is 19.5. The Kier molecular flexibility index (Phi) is 8.23. The number of pyridine rings is 2. The number of fused-ring (bicyclic) bond motifs is 1. The van der Waals surface area contributed by atoms with E-state index in [0.29, 0.717) is 23.4 Å². The van der Waals surface area contributed by atoms with Gasteiger partial charge >= 0.3 is 6.18 Å². The molecule has 11 heteroatoms. The number of aromatic amines is 1. The van der Waals surface area contributed by atoms with E-state index in [1.807, 2.05) is 6.07 Å². The van der Waals surface area contributed by atoms with Gasteiger partial charge in [0, 0.05) is 41.6 Å². The summed E-state index contributed by atoms with van der Waals surface area (Å²) in [6.45, 7) is 4.12. The molecule has 3 rings (SSSR count). The van der Waals surface area contributed by atoms with Crippen LogP contribution in [-0.4, -0.2) is 45.5 Å². The lowest BCUT2D eigenvalue weighted by molar-refractivity contribution is -0.131. The minimum Gasteiger partial charge on any atom is -0.348 e. The van der Waals surface area contributed by atoms with Crippen LogP contribution in [0, 0.1) is 5.92 Å². The molecule has 35 heavy (non-hydrogen) atoms. The third kappa shape index (κ3) is 7.12. The third-order valence-electron chi connectivity index (χ3n) is 5.16. The number of carbonyl (C=O) groups is 2. The van der Waals surface area contributed by atoms with E-state index < -0.39 is 24.7 Å². The molecule has 0 aromatic carbocycles. The Balaban J connectivity index is 1.80. The fraction of sp³-hybridized carbons (Fsp3) is 0.333. The van der Waals surface area contributed by atoms with Gasteiger partial charge in [-0.1, -0.05) is 19.9 Å². The molecule has 8 nitrogen and oxygen atoms in total. The van der Waals surface area contributed by atoms with Gasteiger partial charge in [0.2, 0.25) is 11.8 Å². The van der Waals surface area contributed by atoms with Gasteiger partial charge in [0.25, 0.3) is 0 Å². The van der Waals surface area contributed by atoms with Gasteiger partial charge in [0.1, 0.15) is 5.65 Å². The van der Waals surface area contributed by atoms with Gasteiger partial charge < -0.3 is 15.6 Å². The highest BCUT2D eigenvalue weighted by Gasteiger charge is 2.31. The summed E-state index contributed by atoms with van der Waals surface area (Å²) in [6, 6.07) is 2.55. The molecule has 0 bridgehead atoms. The molecule has 0 radical (unpaired) electrons. The monoisotopic (exact) mass is 488 g/mol. The summed E-state index contributed by atoms with van der Waals surface area (Å²) >= 11 is 0. The average molecular weight is 489 g/mol. The van der Waals surface area contributed by atoms with Crippen LogP contribution >= 0.6 is 0 Å². The molecule has 0 aliphatic rings. The first kappa shape index (κ1) is 25.9. The summed E-state index contributed by atoms with van der Waals surface area (Å²) in [5.41, 5.74) is 3.23. The van der Waals surface area contributed by atoms with Crippen molar-refractivity contribution in [1.29, 1.82) is 0 Å². The van der Waals surface area contributed by atoms with Crippen molar-refractivity contribution in [1.82, 2.24) is 25.6 Å². The molecule has 0 unspecified atom stereocenters. The fourth-order valence-electron chi connectivity index (χ4n) is 3.51. The number of halogens is 3. The molecule has 2 amide bonds. The molecule has 186 valence electrons. The van der Waals surface area contributed by atoms with Crippen molar-refractivity contribution in [3.05, 3.63) is 54.6 Å². The maximum Gasteiger partial charge on any atom is 0.401 e. The van der Waals surface area contributed by atoms with E-state index in [4.69, 9.17) is 0 Å². The maximum atomic E-state index is 12.7. The summed E-state index contributed by atoms with van der Waals surface area (Å²) in [6.07, 6.45) is 5.11. The van der Waals surface area contributed by atoms with Gasteiger partial charge in [-0.2, -0.15) is 13.2 Å². The Morgan fingerprint density at radius 3 is 2.63 bits per heavy atom. The minimum absolute atomic E-state index is 0.209. The number of H-pyrrole nitrogens is 1. The number of aromatic nitrogens is 3. The number of amides is 2. The third-order valence-corrected chi connectivity index (χ3v) is 5.16. The predicted octanol–water partition coefficient (Wildman–Crippen LogP) is 3.93. The Morgan fingerprint density at radius 2 is 1.94 bits per heavy atom. The predicted molar refractivity (Wildman–Crippen MR) is 127 cm³/mol. The molecule has 3 aromatic rings. The number of allylic oxidation sites excluding steroid dienone is 1. The molecule has 0 aliphatic heterocycles. The van der Waals surface area contributed by atoms with E-state index in [9.17, 15) is 22.8 Å². The van der Waals surface area contributed by atoms with Gasteiger partial charge in [0.15, 0.2) is 0 Å². The van der Waals surface area contributed by atoms with Crippen LogP contribution < -0.4 is 16.0 Å². The van der Waals surface area contributed by atoms with Gasteiger partial charge in [-0.25, -0.2) is 4.98 Å². The van der Waals surface area contributed by atoms with Crippen LogP contribution in [0.4, 0.5) is 18.9 Å². The summed E-state index contributed by atoms with van der Waals surface area (Å²) in [5.74, 6) is -1.15. The Morgan fingerprint density at radius 1 is 1.17 bits per heavy atom. The first-order valence-electron chi connectivity index (χ1n) is 11.0. The molecule has 1 atom stereocenters. The summed E-state index contributed by atoms with van der Waals surface area (Å²) in [4.78, 5) is 36.0. The molecular formula is C24H27F3N6O2. The number of hydrogen-bond donors (Lipinski definition) is 4. The van der Waals surface area contributed by atoms with Crippen molar-refractivity contribution in [3.63, 3.8) is 0 Å². The second-order valence-electron chi connectivity index (χ2n) is 8.33. The molecule has 4 N–H and O–H groups in total. The topological polar surface area (TPSA) is 112 Å². The van der Waals surface area contributed by atoms with E-state index in [2.05, 4.69) is 30.9 Å². The summed E-state index contributed by atoms with van der Waals surface area (Å²) < 4.78 is 37.9. The fourth-order valence-corrected chi connectivity index (χ4v) is 3.51. The van der Waals surface area contributed by atoms with Crippen molar-refractivity contribution in [3.8, 4) is 11.1 Å². The van der Waals surface area contributed by atoms with Crippen molar-refractivity contribution >= 4 is 28.5 Å². The highest BCUT2D eigenvalue weighted by molar-refractivity contribution is 5.97. The van der Waals surface area contributed by atoms with Crippen LogP contribution in [0.5, 0.6) is 0 Å². The standard InChI is InChI=1S/C24H27F3N6O2/c1-4-5-20(34)29-8-15-6-18-19(12-31-22(18)30-9-15)16-7-17(11-28-10-16)33-23(35)21(14(2)3)32-13-24(25,26)27/h4-7,9-12,14,21,32H,8,13H2,1-3H3,(H,29,34)(H,30,31)(H,33,35)/b5-4+/t21-/m0/s1. The number of anilines is 1. The zero-order valence-electron chi connectivity index (χ0n) is 19.5. The molecular weight excluding hydrogens is 461 g/mol. The largest absolute Gasteiger partial charge is 0.401 e. The average Bonchev–Trinajstić information content (AvgIpc) is 3.20. The quantitative estimate of drug-likeness (QED) is 0.341. The van der Waals surface area contributed by atoms with E-state index in [0.717, 1.165) is 16.5 Å². The molecule has 0 fully saturated rings. The number of alkyl halides is 3. The highest BCUT2D eigenvalue weighted by Crippen LogP contribution is 2.29. The summed E-state index contributed by atoms with van der Waals surface area (Å²) in [5, 5.41) is 8.50. The number of carbonyl (C=O) groups excluding carboxylic acids is 2. The van der Waals surface area contributed by atoms with E-state index in [1.54, 1.807) is 51.5 Å². The van der Waals surface area contributed by atoms with Crippen molar-refractivity contribution in [2.75, 3.05) is 11.9 Å². The van der Waals surface area contributed by atoms with Crippen LogP contribution in [0.15, 0.2) is 49.1 Å². The molecule has 0 saturated heterocycles. The lowest BCUT2D eigenvalue weighted by Crippen LogP contribution is -2.47. The van der Waals surface area contributed by atoms with Crippen molar-refractivity contribution in [2.24, 2.45) is 5.92 Å². The van der Waals surface area contributed by atoms with Gasteiger partial charge in [-0.3, -0.25) is 19.9 Å². The second-order valence-corrected chi connectivity index (χ2v) is 8.33. The number of nitrogens with one attached hydrogen (secondary N) is 4. The zero-order chi connectivity index (χ0) is 25.6. The first-order chi connectivity index (χ1) is 16.6. The van der Waals surface area contributed by atoms with Crippen molar-refractivity contribution in [2.45, 2.75) is 39.5 Å². The van der Waals surface area contributed by atoms with Crippen LogP contribution in [0.1, 0.15) is 26.3 Å². The Labute approximate surface area is 200 Å². The van der Waals surface area contributed by atoms with Gasteiger partial charge in [-0.05, 0) is 36.6 Å².